The van der Waals surface area contributed by atoms with Gasteiger partial charge in [-0.2, -0.15) is 5.26 Å². The monoisotopic (exact) mass is 247 g/mol. The van der Waals surface area contributed by atoms with Gasteiger partial charge in [0.25, 0.3) is 0 Å². The lowest BCUT2D eigenvalue weighted by Crippen LogP contribution is -2.30. The molecule has 0 bridgehead atoms. The number of likely N-dealkylation sites (N-methyl/N-ethyl adjacent to an activating group) is 1. The third-order valence-electron chi connectivity index (χ3n) is 2.39. The average molecular weight is 247 g/mol. The lowest BCUT2D eigenvalue weighted by atomic mass is 10.1. The first kappa shape index (κ1) is 14.2. The first-order valence-corrected chi connectivity index (χ1v) is 5.68. The summed E-state index contributed by atoms with van der Waals surface area (Å²) < 4.78 is 5.08. The lowest BCUT2D eigenvalue weighted by Gasteiger charge is -2.17. The van der Waals surface area contributed by atoms with Crippen LogP contribution in [0.3, 0.4) is 0 Å². The molecular weight excluding hydrogens is 230 g/mol. The van der Waals surface area contributed by atoms with E-state index in [0.29, 0.717) is 25.3 Å². The first-order chi connectivity index (χ1) is 8.67. The number of carbonyl (C=O) groups is 1. The fraction of sp³-hybridized carbons (Fsp3) is 0.385. The van der Waals surface area contributed by atoms with E-state index in [9.17, 15) is 4.79 Å². The molecule has 0 saturated heterocycles. The molecule has 0 spiro atoms. The summed E-state index contributed by atoms with van der Waals surface area (Å²) in [5.74, 6) is -0.106. The molecule has 0 aromatic heterocycles. The largest absolute Gasteiger partial charge is 0.370 e. The number of nitrogens with zero attached hydrogens (tertiary/aromatic N) is 2. The minimum Gasteiger partial charge on any atom is -0.370 e. The molecule has 0 radical (unpaired) electrons. The lowest BCUT2D eigenvalue weighted by molar-refractivity contribution is -0.135. The summed E-state index contributed by atoms with van der Waals surface area (Å²) in [5.41, 5.74) is 6.78. The van der Waals surface area contributed by atoms with Crippen LogP contribution in [0.5, 0.6) is 0 Å². The maximum Gasteiger partial charge on any atom is 0.248 e. The van der Waals surface area contributed by atoms with Gasteiger partial charge in [0.15, 0.2) is 0 Å². The molecule has 2 N–H and O–H groups in total. The normalized spacial score (nSPS) is 9.83. The van der Waals surface area contributed by atoms with Crippen LogP contribution in [0.25, 0.3) is 0 Å². The van der Waals surface area contributed by atoms with Crippen LogP contribution in [0.1, 0.15) is 11.1 Å². The smallest absolute Gasteiger partial charge is 0.248 e. The van der Waals surface area contributed by atoms with Crippen LogP contribution >= 0.6 is 0 Å². The Morgan fingerprint density at radius 1 is 1.56 bits per heavy atom. The average Bonchev–Trinajstić information content (AvgIpc) is 2.39. The van der Waals surface area contributed by atoms with Crippen molar-refractivity contribution in [3.05, 3.63) is 35.4 Å². The predicted molar refractivity (Wildman–Crippen MR) is 67.5 cm³/mol. The third-order valence-corrected chi connectivity index (χ3v) is 2.39. The van der Waals surface area contributed by atoms with Gasteiger partial charge in [-0.1, -0.05) is 12.1 Å². The number of hydrogen-bond acceptors (Lipinski definition) is 4. The van der Waals surface area contributed by atoms with Crippen molar-refractivity contribution in [3.63, 3.8) is 0 Å². The number of nitriles is 1. The quantitative estimate of drug-likeness (QED) is 0.742. The van der Waals surface area contributed by atoms with E-state index in [2.05, 4.69) is 6.07 Å². The van der Waals surface area contributed by atoms with Crippen LogP contribution in [-0.2, 0) is 16.1 Å². The highest BCUT2D eigenvalue weighted by Crippen LogP contribution is 2.06. The summed E-state index contributed by atoms with van der Waals surface area (Å²) in [6.07, 6.45) is 0. The standard InChI is InChI=1S/C13H17N3O2/c1-16(13(17)10-18-6-5-14)9-12-4-2-3-11(7-12)8-15/h2-4,7H,5-6,9-10,14H2,1H3. The van der Waals surface area contributed by atoms with Crippen molar-refractivity contribution in [2.24, 2.45) is 5.73 Å². The van der Waals surface area contributed by atoms with Gasteiger partial charge in [0.2, 0.25) is 5.91 Å². The molecule has 1 aromatic carbocycles. The number of nitrogens with two attached hydrogens (primary N) is 1. The number of benzene rings is 1. The highest BCUT2D eigenvalue weighted by Gasteiger charge is 2.09. The summed E-state index contributed by atoms with van der Waals surface area (Å²) in [7, 11) is 1.70. The molecule has 0 aliphatic carbocycles. The van der Waals surface area contributed by atoms with Gasteiger partial charge < -0.3 is 15.4 Å². The van der Waals surface area contributed by atoms with E-state index in [1.54, 1.807) is 30.1 Å². The second-order valence-corrected chi connectivity index (χ2v) is 3.90. The van der Waals surface area contributed by atoms with Crippen LogP contribution < -0.4 is 5.73 Å². The molecule has 0 atom stereocenters. The molecule has 0 saturated carbocycles. The van der Waals surface area contributed by atoms with Crippen molar-refractivity contribution >= 4 is 5.91 Å². The number of hydrogen-bond donors (Lipinski definition) is 1. The molecule has 0 heterocycles. The molecule has 0 unspecified atom stereocenters. The highest BCUT2D eigenvalue weighted by atomic mass is 16.5. The van der Waals surface area contributed by atoms with Gasteiger partial charge in [0.1, 0.15) is 6.61 Å². The van der Waals surface area contributed by atoms with Crippen LogP contribution in [0.15, 0.2) is 24.3 Å². The molecule has 1 aromatic rings. The maximum atomic E-state index is 11.7. The Labute approximate surface area is 107 Å². The van der Waals surface area contributed by atoms with Crippen molar-refractivity contribution in [2.45, 2.75) is 6.54 Å². The second-order valence-electron chi connectivity index (χ2n) is 3.90. The summed E-state index contributed by atoms with van der Waals surface area (Å²) in [5, 5.41) is 8.79. The number of amides is 1. The highest BCUT2D eigenvalue weighted by molar-refractivity contribution is 5.77. The van der Waals surface area contributed by atoms with Crippen LogP contribution in [-0.4, -0.2) is 37.6 Å². The molecule has 1 rings (SSSR count). The molecule has 5 heteroatoms. The zero-order chi connectivity index (χ0) is 13.4. The molecule has 18 heavy (non-hydrogen) atoms. The zero-order valence-electron chi connectivity index (χ0n) is 10.4. The zero-order valence-corrected chi connectivity index (χ0v) is 10.4. The Bertz CT molecular complexity index is 440. The molecule has 96 valence electrons. The van der Waals surface area contributed by atoms with E-state index in [1.165, 1.54) is 0 Å². The van der Waals surface area contributed by atoms with Gasteiger partial charge in [-0.05, 0) is 17.7 Å². The van der Waals surface area contributed by atoms with Gasteiger partial charge in [-0.3, -0.25) is 4.79 Å². The molecule has 0 aliphatic rings. The van der Waals surface area contributed by atoms with Gasteiger partial charge in [-0.25, -0.2) is 0 Å². The van der Waals surface area contributed by atoms with Gasteiger partial charge in [0.05, 0.1) is 18.2 Å². The summed E-state index contributed by atoms with van der Waals surface area (Å²) in [6, 6.07) is 9.25. The van der Waals surface area contributed by atoms with E-state index in [-0.39, 0.29) is 12.5 Å². The van der Waals surface area contributed by atoms with Crippen molar-refractivity contribution in [3.8, 4) is 6.07 Å². The third kappa shape index (κ3) is 4.53. The van der Waals surface area contributed by atoms with E-state index < -0.39 is 0 Å². The van der Waals surface area contributed by atoms with Crippen molar-refractivity contribution < 1.29 is 9.53 Å². The molecular formula is C13H17N3O2. The van der Waals surface area contributed by atoms with Gasteiger partial charge in [0, 0.05) is 20.1 Å². The van der Waals surface area contributed by atoms with Crippen LogP contribution in [0.4, 0.5) is 0 Å². The van der Waals surface area contributed by atoms with Crippen molar-refractivity contribution in [1.82, 2.24) is 4.90 Å². The van der Waals surface area contributed by atoms with E-state index in [1.807, 2.05) is 6.07 Å². The minimum absolute atomic E-state index is 0.0334. The van der Waals surface area contributed by atoms with E-state index in [0.717, 1.165) is 5.56 Å². The Kier molecular flexibility index (Phi) is 5.85. The Hall–Kier alpha value is -1.90. The Balaban J connectivity index is 2.50. The SMILES string of the molecule is CN(Cc1cccc(C#N)c1)C(=O)COCCN. The van der Waals surface area contributed by atoms with Gasteiger partial charge >= 0.3 is 0 Å². The topological polar surface area (TPSA) is 79.3 Å². The van der Waals surface area contributed by atoms with E-state index in [4.69, 9.17) is 15.7 Å². The summed E-state index contributed by atoms with van der Waals surface area (Å²) >= 11 is 0. The number of carbonyl (C=O) groups excluding carboxylic acids is 1. The second kappa shape index (κ2) is 7.43. The summed E-state index contributed by atoms with van der Waals surface area (Å²) in [6.45, 7) is 1.27. The van der Waals surface area contributed by atoms with E-state index >= 15 is 0 Å². The van der Waals surface area contributed by atoms with Crippen molar-refractivity contribution in [1.29, 1.82) is 5.26 Å². The fourth-order valence-corrected chi connectivity index (χ4v) is 1.45. The Morgan fingerprint density at radius 2 is 2.33 bits per heavy atom. The maximum absolute atomic E-state index is 11.7. The first-order valence-electron chi connectivity index (χ1n) is 5.68. The van der Waals surface area contributed by atoms with Crippen molar-refractivity contribution in [2.75, 3.05) is 26.8 Å². The van der Waals surface area contributed by atoms with Crippen LogP contribution in [0.2, 0.25) is 0 Å². The molecule has 5 nitrogen and oxygen atoms in total. The number of ether oxygens (including phenoxy) is 1. The minimum atomic E-state index is -0.106. The molecule has 0 aliphatic heterocycles. The van der Waals surface area contributed by atoms with Gasteiger partial charge in [-0.15, -0.1) is 0 Å². The molecule has 1 amide bonds. The van der Waals surface area contributed by atoms with Crippen LogP contribution in [0, 0.1) is 11.3 Å². The summed E-state index contributed by atoms with van der Waals surface area (Å²) in [4.78, 5) is 13.2. The molecule has 0 fully saturated rings. The Morgan fingerprint density at radius 3 is 3.00 bits per heavy atom. The fourth-order valence-electron chi connectivity index (χ4n) is 1.45. The number of rotatable bonds is 6. The predicted octanol–water partition coefficient (Wildman–Crippen LogP) is 0.492.